The normalized spacial score (nSPS) is 35.1. The Labute approximate surface area is 126 Å². The Hall–Kier alpha value is -0.690. The summed E-state index contributed by atoms with van der Waals surface area (Å²) in [6.07, 6.45) is -11.0. The van der Waals surface area contributed by atoms with E-state index in [4.69, 9.17) is 24.8 Å². The second-order valence-corrected chi connectivity index (χ2v) is 5.02. The SMILES string of the molecule is O=C(CO)C[C@H](O[C@@H]1O[C@H](CO)[C@H](O)[C@H](O)[C@H]1O)[C@H](O)CO. The first-order valence-electron chi connectivity index (χ1n) is 6.73. The predicted octanol–water partition coefficient (Wildman–Crippen LogP) is -4.52. The largest absolute Gasteiger partial charge is 0.394 e. The molecule has 1 rings (SSSR count). The number of carbonyl (C=O) groups is 1. The molecule has 10 heteroatoms. The van der Waals surface area contributed by atoms with Crippen molar-refractivity contribution in [2.24, 2.45) is 0 Å². The highest BCUT2D eigenvalue weighted by Crippen LogP contribution is 2.24. The van der Waals surface area contributed by atoms with Crippen LogP contribution in [0.4, 0.5) is 0 Å². The topological polar surface area (TPSA) is 177 Å². The van der Waals surface area contributed by atoms with Crippen LogP contribution in [-0.4, -0.2) is 104 Å². The van der Waals surface area contributed by atoms with E-state index in [1.807, 2.05) is 0 Å². The van der Waals surface area contributed by atoms with Crippen LogP contribution in [-0.2, 0) is 14.3 Å². The lowest BCUT2D eigenvalue weighted by molar-refractivity contribution is -0.317. The van der Waals surface area contributed by atoms with Crippen molar-refractivity contribution in [3.63, 3.8) is 0 Å². The molecule has 1 fully saturated rings. The maximum absolute atomic E-state index is 11.2. The molecular formula is C12H22O10. The van der Waals surface area contributed by atoms with Gasteiger partial charge in [0.2, 0.25) is 0 Å². The van der Waals surface area contributed by atoms with Crippen LogP contribution in [0, 0.1) is 0 Å². The molecule has 0 radical (unpaired) electrons. The maximum Gasteiger partial charge on any atom is 0.187 e. The highest BCUT2D eigenvalue weighted by Gasteiger charge is 2.45. The van der Waals surface area contributed by atoms with Crippen molar-refractivity contribution in [3.8, 4) is 0 Å². The van der Waals surface area contributed by atoms with Gasteiger partial charge in [0.15, 0.2) is 12.1 Å². The minimum Gasteiger partial charge on any atom is -0.394 e. The maximum atomic E-state index is 11.2. The van der Waals surface area contributed by atoms with Gasteiger partial charge in [-0.15, -0.1) is 0 Å². The third-order valence-electron chi connectivity index (χ3n) is 3.38. The molecule has 0 amide bonds. The van der Waals surface area contributed by atoms with Gasteiger partial charge in [0, 0.05) is 6.42 Å². The van der Waals surface area contributed by atoms with E-state index in [9.17, 15) is 25.2 Å². The minimum atomic E-state index is -1.70. The molecule has 0 unspecified atom stereocenters. The van der Waals surface area contributed by atoms with Gasteiger partial charge in [0.05, 0.1) is 19.3 Å². The fraction of sp³-hybridized carbons (Fsp3) is 0.917. The molecule has 10 nitrogen and oxygen atoms in total. The van der Waals surface area contributed by atoms with Crippen molar-refractivity contribution in [1.29, 1.82) is 0 Å². The number of aliphatic hydroxyl groups is 7. The number of hydrogen-bond acceptors (Lipinski definition) is 10. The lowest BCUT2D eigenvalue weighted by atomic mass is 9.99. The van der Waals surface area contributed by atoms with Gasteiger partial charge < -0.3 is 45.2 Å². The minimum absolute atomic E-state index is 0.465. The molecule has 1 heterocycles. The van der Waals surface area contributed by atoms with Gasteiger partial charge in [-0.2, -0.15) is 0 Å². The molecule has 1 saturated heterocycles. The zero-order chi connectivity index (χ0) is 16.9. The molecule has 1 aliphatic rings. The molecule has 7 N–H and O–H groups in total. The lowest BCUT2D eigenvalue weighted by Crippen LogP contribution is -2.60. The average molecular weight is 326 g/mol. The van der Waals surface area contributed by atoms with Crippen LogP contribution in [0.5, 0.6) is 0 Å². The summed E-state index contributed by atoms with van der Waals surface area (Å²) in [4.78, 5) is 11.2. The smallest absolute Gasteiger partial charge is 0.187 e. The van der Waals surface area contributed by atoms with E-state index in [0.717, 1.165) is 0 Å². The van der Waals surface area contributed by atoms with E-state index in [1.165, 1.54) is 0 Å². The van der Waals surface area contributed by atoms with Gasteiger partial charge in [-0.1, -0.05) is 0 Å². The molecule has 7 atom stereocenters. The number of Topliss-reactive ketones (excluding diaryl/α,β-unsaturated/α-hetero) is 1. The number of carbonyl (C=O) groups excluding carboxylic acids is 1. The summed E-state index contributed by atoms with van der Waals surface area (Å²) in [6.45, 7) is -2.21. The molecule has 1 aliphatic heterocycles. The van der Waals surface area contributed by atoms with Gasteiger partial charge in [-0.05, 0) is 0 Å². The van der Waals surface area contributed by atoms with Crippen LogP contribution >= 0.6 is 0 Å². The molecule has 0 aromatic rings. The monoisotopic (exact) mass is 326 g/mol. The van der Waals surface area contributed by atoms with Crippen LogP contribution in [0.25, 0.3) is 0 Å². The molecule has 0 saturated carbocycles. The van der Waals surface area contributed by atoms with E-state index in [1.54, 1.807) is 0 Å². The Kier molecular flexibility index (Phi) is 7.76. The van der Waals surface area contributed by atoms with Crippen LogP contribution < -0.4 is 0 Å². The van der Waals surface area contributed by atoms with E-state index < -0.39 is 74.9 Å². The van der Waals surface area contributed by atoms with Crippen molar-refractivity contribution in [3.05, 3.63) is 0 Å². The quantitative estimate of drug-likeness (QED) is 0.230. The van der Waals surface area contributed by atoms with Gasteiger partial charge in [0.1, 0.15) is 37.1 Å². The predicted molar refractivity (Wildman–Crippen MR) is 68.4 cm³/mol. The summed E-state index contributed by atoms with van der Waals surface area (Å²) >= 11 is 0. The van der Waals surface area contributed by atoms with E-state index in [-0.39, 0.29) is 0 Å². The van der Waals surface area contributed by atoms with Crippen LogP contribution in [0.2, 0.25) is 0 Å². The van der Waals surface area contributed by atoms with E-state index in [0.29, 0.717) is 0 Å². The van der Waals surface area contributed by atoms with E-state index in [2.05, 4.69) is 0 Å². The molecule has 0 aromatic heterocycles. The van der Waals surface area contributed by atoms with Gasteiger partial charge in [-0.25, -0.2) is 0 Å². The number of rotatable bonds is 8. The Morgan fingerprint density at radius 1 is 1.09 bits per heavy atom. The third kappa shape index (κ3) is 4.65. The molecule has 22 heavy (non-hydrogen) atoms. The van der Waals surface area contributed by atoms with Gasteiger partial charge in [0.25, 0.3) is 0 Å². The fourth-order valence-corrected chi connectivity index (χ4v) is 2.03. The molecule has 0 aliphatic carbocycles. The molecular weight excluding hydrogens is 304 g/mol. The second-order valence-electron chi connectivity index (χ2n) is 5.02. The second kappa shape index (κ2) is 8.82. The van der Waals surface area contributed by atoms with Crippen molar-refractivity contribution in [1.82, 2.24) is 0 Å². The fourth-order valence-electron chi connectivity index (χ4n) is 2.03. The number of ketones is 1. The van der Waals surface area contributed by atoms with Crippen molar-refractivity contribution >= 4 is 5.78 Å². The average Bonchev–Trinajstić information content (AvgIpc) is 2.53. The summed E-state index contributed by atoms with van der Waals surface area (Å²) in [5.41, 5.74) is 0. The zero-order valence-corrected chi connectivity index (χ0v) is 11.7. The molecule has 130 valence electrons. The van der Waals surface area contributed by atoms with Crippen molar-refractivity contribution in [2.75, 3.05) is 19.8 Å². The Morgan fingerprint density at radius 3 is 2.23 bits per heavy atom. The number of aliphatic hydroxyl groups excluding tert-OH is 7. The summed E-state index contributed by atoms with van der Waals surface area (Å²) in [5.74, 6) is -0.679. The van der Waals surface area contributed by atoms with E-state index >= 15 is 0 Å². The van der Waals surface area contributed by atoms with Crippen LogP contribution in [0.3, 0.4) is 0 Å². The highest BCUT2D eigenvalue weighted by atomic mass is 16.7. The first kappa shape index (κ1) is 19.4. The lowest BCUT2D eigenvalue weighted by Gasteiger charge is -2.41. The third-order valence-corrected chi connectivity index (χ3v) is 3.38. The standard InChI is InChI=1S/C12H22O10/c13-2-5(16)1-7(6(17)3-14)21-12-11(20)10(19)9(18)8(4-15)22-12/h6-15,17-20H,1-4H2/t6-,7+,8-,9+,10+,11-,12-/m1/s1. The Morgan fingerprint density at radius 2 is 1.73 bits per heavy atom. The zero-order valence-electron chi connectivity index (χ0n) is 11.7. The molecule has 0 bridgehead atoms. The van der Waals surface area contributed by atoms with Gasteiger partial charge in [-0.3, -0.25) is 4.79 Å². The number of hydrogen-bond donors (Lipinski definition) is 7. The summed E-state index contributed by atoms with van der Waals surface area (Å²) in [5, 5.41) is 65.4. The summed E-state index contributed by atoms with van der Waals surface area (Å²) < 4.78 is 10.3. The van der Waals surface area contributed by atoms with Crippen molar-refractivity contribution < 1.29 is 50.0 Å². The molecule has 0 aromatic carbocycles. The van der Waals surface area contributed by atoms with Crippen LogP contribution in [0.1, 0.15) is 6.42 Å². The first-order chi connectivity index (χ1) is 10.3. The first-order valence-corrected chi connectivity index (χ1v) is 6.73. The Balaban J connectivity index is 2.79. The Bertz CT molecular complexity index is 349. The van der Waals surface area contributed by atoms with Crippen LogP contribution in [0.15, 0.2) is 0 Å². The summed E-state index contributed by atoms with van der Waals surface area (Å²) in [7, 11) is 0. The van der Waals surface area contributed by atoms with Gasteiger partial charge >= 0.3 is 0 Å². The highest BCUT2D eigenvalue weighted by molar-refractivity contribution is 5.79. The molecule has 0 spiro atoms. The number of ether oxygens (including phenoxy) is 2. The summed E-state index contributed by atoms with van der Waals surface area (Å²) in [6, 6.07) is 0. The van der Waals surface area contributed by atoms with Crippen molar-refractivity contribution in [2.45, 2.75) is 49.3 Å².